The summed E-state index contributed by atoms with van der Waals surface area (Å²) < 4.78 is 1.63. The fourth-order valence-electron chi connectivity index (χ4n) is 3.96. The van der Waals surface area contributed by atoms with Gasteiger partial charge in [0.15, 0.2) is 0 Å². The molecule has 2 heterocycles. The molecule has 1 aliphatic heterocycles. The van der Waals surface area contributed by atoms with E-state index in [0.717, 1.165) is 25.9 Å². The molecule has 1 aliphatic carbocycles. The van der Waals surface area contributed by atoms with Crippen LogP contribution in [-0.2, 0) is 6.54 Å². The van der Waals surface area contributed by atoms with Crippen molar-refractivity contribution in [2.24, 2.45) is 5.41 Å². The highest BCUT2D eigenvalue weighted by Gasteiger charge is 2.53. The largest absolute Gasteiger partial charge is 0.387 e. The summed E-state index contributed by atoms with van der Waals surface area (Å²) in [6.07, 6.45) is 8.49. The Morgan fingerprint density at radius 2 is 2.15 bits per heavy atom. The number of hydrogen-bond acceptors (Lipinski definition) is 4. The number of aliphatic hydroxyl groups is 1. The van der Waals surface area contributed by atoms with E-state index < -0.39 is 5.60 Å². The van der Waals surface area contributed by atoms with E-state index in [9.17, 15) is 9.90 Å². The van der Waals surface area contributed by atoms with E-state index in [1.54, 1.807) is 23.9 Å². The first-order valence-corrected chi connectivity index (χ1v) is 7.52. The van der Waals surface area contributed by atoms with Gasteiger partial charge in [0.1, 0.15) is 5.69 Å². The van der Waals surface area contributed by atoms with Crippen LogP contribution in [0.25, 0.3) is 0 Å². The second-order valence-corrected chi connectivity index (χ2v) is 6.39. The van der Waals surface area contributed by atoms with E-state index >= 15 is 0 Å². The van der Waals surface area contributed by atoms with Crippen molar-refractivity contribution in [2.75, 3.05) is 13.1 Å². The van der Waals surface area contributed by atoms with Gasteiger partial charge in [0, 0.05) is 24.4 Å². The second-order valence-electron chi connectivity index (χ2n) is 6.39. The molecule has 0 amide bonds. The zero-order valence-electron chi connectivity index (χ0n) is 12.1. The Bertz CT molecular complexity index is 548. The Morgan fingerprint density at radius 1 is 1.40 bits per heavy atom. The summed E-state index contributed by atoms with van der Waals surface area (Å²) in [5.74, 6) is 0. The molecule has 1 unspecified atom stereocenters. The van der Waals surface area contributed by atoms with Crippen molar-refractivity contribution < 1.29 is 5.11 Å². The van der Waals surface area contributed by atoms with Crippen molar-refractivity contribution in [3.63, 3.8) is 0 Å². The molecule has 1 spiro atoms. The van der Waals surface area contributed by atoms with Gasteiger partial charge in [0.2, 0.25) is 0 Å². The number of aryl methyl sites for hydroxylation is 1. The zero-order chi connectivity index (χ0) is 14.2. The molecule has 0 radical (unpaired) electrons. The number of nitrogens with one attached hydrogen (secondary N) is 1. The molecule has 1 saturated carbocycles. The maximum absolute atomic E-state index is 12.2. The zero-order valence-corrected chi connectivity index (χ0v) is 12.1. The van der Waals surface area contributed by atoms with Crippen LogP contribution in [0.5, 0.6) is 0 Å². The topological polar surface area (TPSA) is 67.2 Å². The van der Waals surface area contributed by atoms with Gasteiger partial charge >= 0.3 is 0 Å². The maximum atomic E-state index is 12.2. The third-order valence-electron chi connectivity index (χ3n) is 5.24. The van der Waals surface area contributed by atoms with Gasteiger partial charge in [-0.3, -0.25) is 9.78 Å². The average molecular weight is 277 g/mol. The smallest absolute Gasteiger partial charge is 0.272 e. The van der Waals surface area contributed by atoms with Gasteiger partial charge in [-0.15, -0.1) is 0 Å². The van der Waals surface area contributed by atoms with Gasteiger partial charge < -0.3 is 15.0 Å². The van der Waals surface area contributed by atoms with Gasteiger partial charge in [-0.05, 0) is 32.7 Å². The molecular weight excluding hydrogens is 254 g/mol. The SMILES string of the molecule is Cc1nccn(CC2(O)CCNCC23CCCC3)c1=O. The van der Waals surface area contributed by atoms with Gasteiger partial charge in [0.25, 0.3) is 5.56 Å². The molecule has 1 aromatic heterocycles. The lowest BCUT2D eigenvalue weighted by atomic mass is 9.66. The van der Waals surface area contributed by atoms with Crippen LogP contribution in [0.1, 0.15) is 37.8 Å². The van der Waals surface area contributed by atoms with Crippen LogP contribution < -0.4 is 10.9 Å². The van der Waals surface area contributed by atoms with E-state index in [4.69, 9.17) is 0 Å². The number of aromatic nitrogens is 2. The highest BCUT2D eigenvalue weighted by Crippen LogP contribution is 2.49. The minimum Gasteiger partial charge on any atom is -0.387 e. The Labute approximate surface area is 119 Å². The van der Waals surface area contributed by atoms with E-state index in [1.807, 2.05) is 0 Å². The average Bonchev–Trinajstić information content (AvgIpc) is 2.89. The summed E-state index contributed by atoms with van der Waals surface area (Å²) in [5.41, 5.74) is -0.452. The quantitative estimate of drug-likeness (QED) is 0.840. The lowest BCUT2D eigenvalue weighted by Gasteiger charge is -2.49. The van der Waals surface area contributed by atoms with Crippen molar-refractivity contribution in [1.29, 1.82) is 0 Å². The number of piperidine rings is 1. The molecule has 2 N–H and O–H groups in total. The van der Waals surface area contributed by atoms with Crippen molar-refractivity contribution >= 4 is 0 Å². The molecule has 2 aliphatic rings. The van der Waals surface area contributed by atoms with Gasteiger partial charge in [-0.1, -0.05) is 12.8 Å². The maximum Gasteiger partial charge on any atom is 0.272 e. The first-order chi connectivity index (χ1) is 9.56. The van der Waals surface area contributed by atoms with Crippen LogP contribution in [0.2, 0.25) is 0 Å². The highest BCUT2D eigenvalue weighted by molar-refractivity contribution is 5.07. The molecule has 110 valence electrons. The first kappa shape index (κ1) is 13.8. The molecule has 1 atom stereocenters. The lowest BCUT2D eigenvalue weighted by Crippen LogP contribution is -2.60. The minimum absolute atomic E-state index is 0.0676. The third kappa shape index (κ3) is 2.09. The van der Waals surface area contributed by atoms with Crippen LogP contribution >= 0.6 is 0 Å². The highest BCUT2D eigenvalue weighted by atomic mass is 16.3. The van der Waals surface area contributed by atoms with Gasteiger partial charge in [-0.25, -0.2) is 0 Å². The Kier molecular flexibility index (Phi) is 3.42. The summed E-state index contributed by atoms with van der Waals surface area (Å²) in [7, 11) is 0. The molecular formula is C15H23N3O2. The number of rotatable bonds is 2. The van der Waals surface area contributed by atoms with Gasteiger partial charge in [0.05, 0.1) is 12.1 Å². The second kappa shape index (κ2) is 4.97. The monoisotopic (exact) mass is 277 g/mol. The summed E-state index contributed by atoms with van der Waals surface area (Å²) in [6.45, 7) is 3.78. The molecule has 0 aromatic carbocycles. The van der Waals surface area contributed by atoms with Crippen LogP contribution in [0.3, 0.4) is 0 Å². The van der Waals surface area contributed by atoms with Crippen LogP contribution in [0, 0.1) is 12.3 Å². The van der Waals surface area contributed by atoms with Gasteiger partial charge in [-0.2, -0.15) is 0 Å². The van der Waals surface area contributed by atoms with E-state index in [0.29, 0.717) is 18.7 Å². The van der Waals surface area contributed by atoms with Crippen molar-refractivity contribution in [2.45, 2.75) is 51.2 Å². The number of nitrogens with zero attached hydrogens (tertiary/aromatic N) is 2. The molecule has 3 rings (SSSR count). The molecule has 20 heavy (non-hydrogen) atoms. The predicted octanol–water partition coefficient (Wildman–Crippen LogP) is 0.837. The normalized spacial score (nSPS) is 28.9. The van der Waals surface area contributed by atoms with Crippen LogP contribution in [0.15, 0.2) is 17.2 Å². The van der Waals surface area contributed by atoms with Crippen LogP contribution in [-0.4, -0.2) is 33.3 Å². The Balaban J connectivity index is 1.94. The number of hydrogen-bond donors (Lipinski definition) is 2. The van der Waals surface area contributed by atoms with E-state index in [1.165, 1.54) is 12.8 Å². The predicted molar refractivity (Wildman–Crippen MR) is 76.6 cm³/mol. The molecule has 1 saturated heterocycles. The minimum atomic E-state index is -0.785. The van der Waals surface area contributed by atoms with Crippen molar-refractivity contribution in [1.82, 2.24) is 14.9 Å². The standard InChI is InChI=1S/C15H23N3O2/c1-12-13(19)18(9-8-17-12)11-15(20)6-7-16-10-14(15)4-2-3-5-14/h8-9,16,20H,2-7,10-11H2,1H3. The third-order valence-corrected chi connectivity index (χ3v) is 5.24. The van der Waals surface area contributed by atoms with Crippen molar-refractivity contribution in [3.05, 3.63) is 28.4 Å². The van der Waals surface area contributed by atoms with Crippen molar-refractivity contribution in [3.8, 4) is 0 Å². The molecule has 5 heteroatoms. The Morgan fingerprint density at radius 3 is 2.90 bits per heavy atom. The van der Waals surface area contributed by atoms with E-state index in [-0.39, 0.29) is 11.0 Å². The summed E-state index contributed by atoms with van der Waals surface area (Å²) in [4.78, 5) is 16.2. The Hall–Kier alpha value is -1.20. The fourth-order valence-corrected chi connectivity index (χ4v) is 3.96. The van der Waals surface area contributed by atoms with Crippen LogP contribution in [0.4, 0.5) is 0 Å². The summed E-state index contributed by atoms with van der Waals surface area (Å²) in [6, 6.07) is 0. The molecule has 0 bridgehead atoms. The fraction of sp³-hybridized carbons (Fsp3) is 0.733. The summed E-state index contributed by atoms with van der Waals surface area (Å²) >= 11 is 0. The van der Waals surface area contributed by atoms with E-state index in [2.05, 4.69) is 10.3 Å². The first-order valence-electron chi connectivity index (χ1n) is 7.52. The molecule has 1 aromatic rings. The lowest BCUT2D eigenvalue weighted by molar-refractivity contribution is -0.115. The summed E-state index contributed by atoms with van der Waals surface area (Å²) in [5, 5.41) is 14.7. The molecule has 2 fully saturated rings. The molecule has 5 nitrogen and oxygen atoms in total.